The molecule has 0 bridgehead atoms. The molecule has 0 unspecified atom stereocenters. The molecule has 1 spiro atoms. The summed E-state index contributed by atoms with van der Waals surface area (Å²) in [5.41, 5.74) is 0.218. The maximum absolute atomic E-state index is 13.6. The lowest BCUT2D eigenvalue weighted by Crippen LogP contribution is -2.47. The Bertz CT molecular complexity index is 534. The Morgan fingerprint density at radius 3 is 2.48 bits per heavy atom. The van der Waals surface area contributed by atoms with Crippen LogP contribution in [0.15, 0.2) is 18.2 Å². The second-order valence-corrected chi connectivity index (χ2v) is 5.40. The molecule has 0 saturated carbocycles. The third-order valence-electron chi connectivity index (χ3n) is 4.05. The number of hydrogen-bond acceptors (Lipinski definition) is 3. The quantitative estimate of drug-likeness (QED) is 0.836. The van der Waals surface area contributed by atoms with Gasteiger partial charge in [-0.1, -0.05) is 6.07 Å². The van der Waals surface area contributed by atoms with Gasteiger partial charge in [0.05, 0.1) is 19.6 Å². The fourth-order valence-corrected chi connectivity index (χ4v) is 2.82. The van der Waals surface area contributed by atoms with Crippen LogP contribution in [0.3, 0.4) is 0 Å². The van der Waals surface area contributed by atoms with Crippen LogP contribution in [0.4, 0.5) is 8.78 Å². The van der Waals surface area contributed by atoms with Crippen LogP contribution < -0.4 is 0 Å². The van der Waals surface area contributed by atoms with Gasteiger partial charge in [0.15, 0.2) is 5.79 Å². The van der Waals surface area contributed by atoms with E-state index in [4.69, 9.17) is 9.47 Å². The molecule has 1 amide bonds. The van der Waals surface area contributed by atoms with Gasteiger partial charge in [-0.05, 0) is 11.6 Å². The van der Waals surface area contributed by atoms with Gasteiger partial charge in [0.1, 0.15) is 11.6 Å². The molecule has 2 saturated heterocycles. The van der Waals surface area contributed by atoms with E-state index in [1.807, 2.05) is 0 Å². The molecule has 0 aliphatic carbocycles. The number of amides is 1. The first kappa shape index (κ1) is 14.4. The van der Waals surface area contributed by atoms with Crippen molar-refractivity contribution in [3.63, 3.8) is 0 Å². The number of halogens is 2. The Labute approximate surface area is 121 Å². The normalized spacial score (nSPS) is 21.0. The molecule has 2 fully saturated rings. The number of benzene rings is 1. The van der Waals surface area contributed by atoms with E-state index < -0.39 is 17.4 Å². The monoisotopic (exact) mass is 297 g/mol. The summed E-state index contributed by atoms with van der Waals surface area (Å²) in [6.07, 6.45) is 1.20. The number of rotatable bonds is 2. The standard InChI is InChI=1S/C15H17F2NO3/c16-12-2-1-11(13(17)10-12)9-14(19)18-5-3-15(4-6-18)20-7-8-21-15/h1-2,10H,3-9H2. The van der Waals surface area contributed by atoms with Gasteiger partial charge in [-0.15, -0.1) is 0 Å². The van der Waals surface area contributed by atoms with E-state index in [2.05, 4.69) is 0 Å². The molecular weight excluding hydrogens is 280 g/mol. The summed E-state index contributed by atoms with van der Waals surface area (Å²) in [4.78, 5) is 13.9. The Kier molecular flexibility index (Phi) is 3.91. The Balaban J connectivity index is 1.59. The smallest absolute Gasteiger partial charge is 0.227 e. The molecule has 3 rings (SSSR count). The number of carbonyl (C=O) groups excluding carboxylic acids is 1. The molecule has 1 aromatic rings. The van der Waals surface area contributed by atoms with Crippen molar-refractivity contribution in [3.8, 4) is 0 Å². The van der Waals surface area contributed by atoms with E-state index in [9.17, 15) is 13.6 Å². The van der Waals surface area contributed by atoms with Crippen LogP contribution >= 0.6 is 0 Å². The van der Waals surface area contributed by atoms with Crippen molar-refractivity contribution in [1.82, 2.24) is 4.90 Å². The fourth-order valence-electron chi connectivity index (χ4n) is 2.82. The van der Waals surface area contributed by atoms with Crippen molar-refractivity contribution in [3.05, 3.63) is 35.4 Å². The molecule has 1 aromatic carbocycles. The van der Waals surface area contributed by atoms with Gasteiger partial charge < -0.3 is 14.4 Å². The minimum absolute atomic E-state index is 0.0547. The topological polar surface area (TPSA) is 38.8 Å². The number of hydrogen-bond donors (Lipinski definition) is 0. The molecule has 0 N–H and O–H groups in total. The molecule has 0 aromatic heterocycles. The Morgan fingerprint density at radius 1 is 1.19 bits per heavy atom. The van der Waals surface area contributed by atoms with Crippen molar-refractivity contribution >= 4 is 5.91 Å². The number of ether oxygens (including phenoxy) is 2. The molecule has 0 radical (unpaired) electrons. The van der Waals surface area contributed by atoms with Crippen LogP contribution in [0.5, 0.6) is 0 Å². The van der Waals surface area contributed by atoms with E-state index in [1.165, 1.54) is 6.07 Å². The highest BCUT2D eigenvalue weighted by atomic mass is 19.1. The Hall–Kier alpha value is -1.53. The van der Waals surface area contributed by atoms with Crippen LogP contribution in [0.25, 0.3) is 0 Å². The summed E-state index contributed by atoms with van der Waals surface area (Å²) in [5.74, 6) is -2.01. The molecule has 6 heteroatoms. The largest absolute Gasteiger partial charge is 0.347 e. The minimum atomic E-state index is -0.681. The first-order valence-corrected chi connectivity index (χ1v) is 7.08. The predicted molar refractivity (Wildman–Crippen MR) is 70.5 cm³/mol. The highest BCUT2D eigenvalue weighted by Crippen LogP contribution is 2.31. The SMILES string of the molecule is O=C(Cc1ccc(F)cc1F)N1CCC2(CC1)OCCO2. The number of carbonyl (C=O) groups is 1. The van der Waals surface area contributed by atoms with Crippen molar-refractivity contribution in [2.75, 3.05) is 26.3 Å². The molecule has 4 nitrogen and oxygen atoms in total. The third-order valence-corrected chi connectivity index (χ3v) is 4.05. The summed E-state index contributed by atoms with van der Waals surface area (Å²) in [5, 5.41) is 0. The highest BCUT2D eigenvalue weighted by molar-refractivity contribution is 5.79. The van der Waals surface area contributed by atoms with Crippen molar-refractivity contribution in [2.45, 2.75) is 25.0 Å². The van der Waals surface area contributed by atoms with E-state index in [1.54, 1.807) is 4.90 Å². The summed E-state index contributed by atoms with van der Waals surface area (Å²) in [6, 6.07) is 3.28. The molecule has 2 aliphatic rings. The maximum atomic E-state index is 13.6. The summed E-state index contributed by atoms with van der Waals surface area (Å²) in [6.45, 7) is 2.24. The first-order chi connectivity index (χ1) is 10.1. The Morgan fingerprint density at radius 2 is 1.86 bits per heavy atom. The average molecular weight is 297 g/mol. The fraction of sp³-hybridized carbons (Fsp3) is 0.533. The van der Waals surface area contributed by atoms with Gasteiger partial charge in [0.2, 0.25) is 5.91 Å². The van der Waals surface area contributed by atoms with Crippen molar-refractivity contribution < 1.29 is 23.0 Å². The van der Waals surface area contributed by atoms with Gasteiger partial charge >= 0.3 is 0 Å². The maximum Gasteiger partial charge on any atom is 0.227 e. The van der Waals surface area contributed by atoms with Crippen LogP contribution in [0.2, 0.25) is 0 Å². The molecular formula is C15H17F2NO3. The van der Waals surface area contributed by atoms with E-state index >= 15 is 0 Å². The second kappa shape index (κ2) is 5.69. The summed E-state index contributed by atoms with van der Waals surface area (Å²) >= 11 is 0. The summed E-state index contributed by atoms with van der Waals surface area (Å²) in [7, 11) is 0. The lowest BCUT2D eigenvalue weighted by molar-refractivity contribution is -0.187. The predicted octanol–water partition coefficient (Wildman–Crippen LogP) is 1.87. The lowest BCUT2D eigenvalue weighted by atomic mass is 10.0. The summed E-state index contributed by atoms with van der Waals surface area (Å²) < 4.78 is 37.6. The number of likely N-dealkylation sites (tertiary alicyclic amines) is 1. The van der Waals surface area contributed by atoms with Crippen molar-refractivity contribution in [2.24, 2.45) is 0 Å². The highest BCUT2D eigenvalue weighted by Gasteiger charge is 2.40. The zero-order valence-corrected chi connectivity index (χ0v) is 11.6. The molecule has 21 heavy (non-hydrogen) atoms. The first-order valence-electron chi connectivity index (χ1n) is 7.08. The van der Waals surface area contributed by atoms with Crippen LogP contribution in [0.1, 0.15) is 18.4 Å². The van der Waals surface area contributed by atoms with Crippen LogP contribution in [0, 0.1) is 11.6 Å². The van der Waals surface area contributed by atoms with Crippen LogP contribution in [-0.2, 0) is 20.7 Å². The van der Waals surface area contributed by atoms with E-state index in [0.29, 0.717) is 39.1 Å². The van der Waals surface area contributed by atoms with E-state index in [-0.39, 0.29) is 17.9 Å². The van der Waals surface area contributed by atoms with Gasteiger partial charge in [0.25, 0.3) is 0 Å². The molecule has 2 aliphatic heterocycles. The van der Waals surface area contributed by atoms with Gasteiger partial charge in [-0.3, -0.25) is 4.79 Å². The van der Waals surface area contributed by atoms with E-state index in [0.717, 1.165) is 12.1 Å². The van der Waals surface area contributed by atoms with Crippen LogP contribution in [-0.4, -0.2) is 42.9 Å². The van der Waals surface area contributed by atoms with Crippen molar-refractivity contribution in [1.29, 1.82) is 0 Å². The number of piperidine rings is 1. The molecule has 2 heterocycles. The van der Waals surface area contributed by atoms with Gasteiger partial charge in [-0.25, -0.2) is 8.78 Å². The average Bonchev–Trinajstić information content (AvgIpc) is 2.91. The zero-order chi connectivity index (χ0) is 14.9. The second-order valence-electron chi connectivity index (χ2n) is 5.40. The molecule has 114 valence electrons. The zero-order valence-electron chi connectivity index (χ0n) is 11.6. The van der Waals surface area contributed by atoms with Gasteiger partial charge in [0, 0.05) is 32.0 Å². The van der Waals surface area contributed by atoms with Gasteiger partial charge in [-0.2, -0.15) is 0 Å². The number of nitrogens with zero attached hydrogens (tertiary/aromatic N) is 1. The molecule has 0 atom stereocenters. The third kappa shape index (κ3) is 3.06. The minimum Gasteiger partial charge on any atom is -0.347 e. The lowest BCUT2D eigenvalue weighted by Gasteiger charge is -2.37.